The summed E-state index contributed by atoms with van der Waals surface area (Å²) >= 11 is 0. The van der Waals surface area contributed by atoms with Crippen LogP contribution in [0.4, 0.5) is 0 Å². The van der Waals surface area contributed by atoms with E-state index in [0.717, 1.165) is 28.7 Å². The van der Waals surface area contributed by atoms with Crippen LogP contribution in [-0.2, 0) is 20.1 Å². The monoisotopic (exact) mass is 345 g/mol. The molecule has 2 rings (SSSR count). The smallest absolute Gasteiger partial charge is 0.191 e. The van der Waals surface area contributed by atoms with E-state index in [1.807, 2.05) is 36.9 Å². The Morgan fingerprint density at radius 2 is 1.80 bits per heavy atom. The van der Waals surface area contributed by atoms with Crippen molar-refractivity contribution < 1.29 is 9.47 Å². The number of rotatable bonds is 6. The van der Waals surface area contributed by atoms with E-state index in [4.69, 9.17) is 9.47 Å². The van der Waals surface area contributed by atoms with Crippen LogP contribution in [0.1, 0.15) is 22.5 Å². The van der Waals surface area contributed by atoms with Crippen LogP contribution >= 0.6 is 0 Å². The Labute approximate surface area is 149 Å². The standard InChI is InChI=1S/C18H27N5O2/c1-12-15(13(2)23(4)22-12)11-21-18(19-3)20-10-14-7-8-16(24-5)17(9-14)25-6/h7-9H,10-11H2,1-6H3,(H2,19,20,21). The number of nitrogens with one attached hydrogen (secondary N) is 2. The maximum Gasteiger partial charge on any atom is 0.191 e. The van der Waals surface area contributed by atoms with Crippen molar-refractivity contribution >= 4 is 5.96 Å². The Morgan fingerprint density at radius 1 is 1.12 bits per heavy atom. The van der Waals surface area contributed by atoms with Crippen molar-refractivity contribution in [3.8, 4) is 11.5 Å². The van der Waals surface area contributed by atoms with Gasteiger partial charge in [0.25, 0.3) is 0 Å². The summed E-state index contributed by atoms with van der Waals surface area (Å²) in [4.78, 5) is 4.27. The molecule has 25 heavy (non-hydrogen) atoms. The van der Waals surface area contributed by atoms with Crippen molar-refractivity contribution in [2.45, 2.75) is 26.9 Å². The molecule has 0 atom stereocenters. The van der Waals surface area contributed by atoms with Crippen LogP contribution < -0.4 is 20.1 Å². The van der Waals surface area contributed by atoms with E-state index < -0.39 is 0 Å². The number of aliphatic imine (C=N–C) groups is 1. The number of aryl methyl sites for hydroxylation is 2. The lowest BCUT2D eigenvalue weighted by Gasteiger charge is -2.14. The number of nitrogens with zero attached hydrogens (tertiary/aromatic N) is 3. The summed E-state index contributed by atoms with van der Waals surface area (Å²) in [5, 5.41) is 11.1. The van der Waals surface area contributed by atoms with Crippen LogP contribution in [0.3, 0.4) is 0 Å². The molecule has 0 aliphatic rings. The van der Waals surface area contributed by atoms with E-state index in [1.165, 1.54) is 5.56 Å². The van der Waals surface area contributed by atoms with Crippen LogP contribution in [0.5, 0.6) is 11.5 Å². The Balaban J connectivity index is 1.96. The molecule has 0 spiro atoms. The molecular formula is C18H27N5O2. The highest BCUT2D eigenvalue weighted by atomic mass is 16.5. The predicted octanol–water partition coefficient (Wildman–Crippen LogP) is 1.92. The quantitative estimate of drug-likeness (QED) is 0.618. The third-order valence-electron chi connectivity index (χ3n) is 4.22. The van der Waals surface area contributed by atoms with Gasteiger partial charge >= 0.3 is 0 Å². The second kappa shape index (κ2) is 8.41. The highest BCUT2D eigenvalue weighted by Gasteiger charge is 2.10. The molecule has 1 aromatic carbocycles. The van der Waals surface area contributed by atoms with Gasteiger partial charge in [-0.15, -0.1) is 0 Å². The lowest BCUT2D eigenvalue weighted by molar-refractivity contribution is 0.354. The van der Waals surface area contributed by atoms with Crippen molar-refractivity contribution in [3.63, 3.8) is 0 Å². The normalized spacial score (nSPS) is 11.4. The molecule has 0 aliphatic heterocycles. The summed E-state index contributed by atoms with van der Waals surface area (Å²) in [5.74, 6) is 2.17. The number of hydrogen-bond donors (Lipinski definition) is 2. The second-order valence-electron chi connectivity index (χ2n) is 5.74. The van der Waals surface area contributed by atoms with Gasteiger partial charge in [0.05, 0.1) is 19.9 Å². The van der Waals surface area contributed by atoms with Crippen molar-refractivity contribution in [1.29, 1.82) is 0 Å². The maximum absolute atomic E-state index is 5.34. The molecular weight excluding hydrogens is 318 g/mol. The number of methoxy groups -OCH3 is 2. The van der Waals surface area contributed by atoms with Gasteiger partial charge in [0.1, 0.15) is 0 Å². The Kier molecular flexibility index (Phi) is 6.27. The van der Waals surface area contributed by atoms with E-state index in [9.17, 15) is 0 Å². The lowest BCUT2D eigenvalue weighted by Crippen LogP contribution is -2.36. The molecule has 1 heterocycles. The van der Waals surface area contributed by atoms with Crippen LogP contribution in [0.25, 0.3) is 0 Å². The fraction of sp³-hybridized carbons (Fsp3) is 0.444. The summed E-state index contributed by atoms with van der Waals surface area (Å²) in [7, 11) is 6.97. The first-order valence-corrected chi connectivity index (χ1v) is 8.14. The van der Waals surface area contributed by atoms with Crippen molar-refractivity contribution in [2.24, 2.45) is 12.0 Å². The summed E-state index contributed by atoms with van der Waals surface area (Å²) in [5.41, 5.74) is 4.45. The van der Waals surface area contributed by atoms with E-state index in [1.54, 1.807) is 21.3 Å². The van der Waals surface area contributed by atoms with Gasteiger partial charge < -0.3 is 20.1 Å². The molecule has 0 amide bonds. The van der Waals surface area contributed by atoms with Crippen molar-refractivity contribution in [1.82, 2.24) is 20.4 Å². The predicted molar refractivity (Wildman–Crippen MR) is 99.3 cm³/mol. The van der Waals surface area contributed by atoms with Gasteiger partial charge in [-0.25, -0.2) is 0 Å². The molecule has 7 heteroatoms. The average molecular weight is 345 g/mol. The van der Waals surface area contributed by atoms with Crippen molar-refractivity contribution in [3.05, 3.63) is 40.7 Å². The SMILES string of the molecule is CN=C(NCc1ccc(OC)c(OC)c1)NCc1c(C)nn(C)c1C. The molecule has 0 bridgehead atoms. The maximum atomic E-state index is 5.34. The van der Waals surface area contributed by atoms with Crippen LogP contribution in [-0.4, -0.2) is 37.0 Å². The largest absolute Gasteiger partial charge is 0.493 e. The third kappa shape index (κ3) is 4.43. The van der Waals surface area contributed by atoms with Gasteiger partial charge in [-0.3, -0.25) is 9.67 Å². The zero-order valence-electron chi connectivity index (χ0n) is 15.8. The Morgan fingerprint density at radius 3 is 2.36 bits per heavy atom. The first kappa shape index (κ1) is 18.6. The molecule has 0 fully saturated rings. The van der Waals surface area contributed by atoms with Gasteiger partial charge in [0.2, 0.25) is 0 Å². The van der Waals surface area contributed by atoms with E-state index in [2.05, 4.69) is 27.6 Å². The molecule has 0 saturated heterocycles. The molecule has 136 valence electrons. The fourth-order valence-corrected chi connectivity index (χ4v) is 2.64. The van der Waals surface area contributed by atoms with E-state index in [-0.39, 0.29) is 0 Å². The van der Waals surface area contributed by atoms with Gasteiger partial charge in [0, 0.05) is 38.4 Å². The van der Waals surface area contributed by atoms with Crippen LogP contribution in [0.2, 0.25) is 0 Å². The molecule has 1 aromatic heterocycles. The molecule has 0 saturated carbocycles. The zero-order chi connectivity index (χ0) is 18.4. The molecule has 0 unspecified atom stereocenters. The number of benzene rings is 1. The average Bonchev–Trinajstić information content (AvgIpc) is 2.87. The van der Waals surface area contributed by atoms with Crippen molar-refractivity contribution in [2.75, 3.05) is 21.3 Å². The summed E-state index contributed by atoms with van der Waals surface area (Å²) in [6.45, 7) is 5.39. The first-order chi connectivity index (χ1) is 12.0. The Hall–Kier alpha value is -2.70. The Bertz CT molecular complexity index is 752. The molecule has 2 N–H and O–H groups in total. The topological polar surface area (TPSA) is 72.7 Å². The lowest BCUT2D eigenvalue weighted by atomic mass is 10.2. The summed E-state index contributed by atoms with van der Waals surface area (Å²) in [6, 6.07) is 5.85. The van der Waals surface area contributed by atoms with Gasteiger partial charge in [-0.05, 0) is 31.5 Å². The van der Waals surface area contributed by atoms with Crippen LogP contribution in [0, 0.1) is 13.8 Å². The molecule has 7 nitrogen and oxygen atoms in total. The van der Waals surface area contributed by atoms with Gasteiger partial charge in [-0.2, -0.15) is 5.10 Å². The molecule has 0 aliphatic carbocycles. The summed E-state index contributed by atoms with van der Waals surface area (Å²) < 4.78 is 12.5. The third-order valence-corrected chi connectivity index (χ3v) is 4.22. The highest BCUT2D eigenvalue weighted by molar-refractivity contribution is 5.79. The fourth-order valence-electron chi connectivity index (χ4n) is 2.64. The minimum Gasteiger partial charge on any atom is -0.493 e. The highest BCUT2D eigenvalue weighted by Crippen LogP contribution is 2.27. The van der Waals surface area contributed by atoms with E-state index in [0.29, 0.717) is 18.8 Å². The van der Waals surface area contributed by atoms with Gasteiger partial charge in [0.15, 0.2) is 17.5 Å². The first-order valence-electron chi connectivity index (χ1n) is 8.14. The number of ether oxygens (including phenoxy) is 2. The number of aromatic nitrogens is 2. The summed E-state index contributed by atoms with van der Waals surface area (Å²) in [6.07, 6.45) is 0. The van der Waals surface area contributed by atoms with Gasteiger partial charge in [-0.1, -0.05) is 6.07 Å². The van der Waals surface area contributed by atoms with E-state index >= 15 is 0 Å². The molecule has 0 radical (unpaired) electrons. The minimum absolute atomic E-state index is 0.630. The van der Waals surface area contributed by atoms with Crippen LogP contribution in [0.15, 0.2) is 23.2 Å². The zero-order valence-corrected chi connectivity index (χ0v) is 15.8. The minimum atomic E-state index is 0.630. The number of hydrogen-bond acceptors (Lipinski definition) is 4. The molecule has 2 aromatic rings. The number of guanidine groups is 1. The second-order valence-corrected chi connectivity index (χ2v) is 5.74.